The van der Waals surface area contributed by atoms with E-state index in [-0.39, 0.29) is 29.5 Å². The van der Waals surface area contributed by atoms with Gasteiger partial charge in [-0.15, -0.1) is 0 Å². The van der Waals surface area contributed by atoms with Crippen molar-refractivity contribution in [3.63, 3.8) is 0 Å². The van der Waals surface area contributed by atoms with Crippen molar-refractivity contribution in [3.8, 4) is 11.8 Å². The second-order valence-corrected chi connectivity index (χ2v) is 12.9. The van der Waals surface area contributed by atoms with E-state index in [0.717, 1.165) is 61.7 Å². The molecule has 8 rings (SSSR count). The first kappa shape index (κ1) is 30.7. The lowest BCUT2D eigenvalue weighted by atomic mass is 9.84. The van der Waals surface area contributed by atoms with Crippen LogP contribution < -0.4 is 33.1 Å². The number of H-pyrrole nitrogens is 4. The Balaban J connectivity index is 1.05. The lowest BCUT2D eigenvalue weighted by Gasteiger charge is -2.31. The van der Waals surface area contributed by atoms with Crippen molar-refractivity contribution in [1.82, 2.24) is 39.7 Å². The Labute approximate surface area is 277 Å². The van der Waals surface area contributed by atoms with Gasteiger partial charge in [-0.05, 0) is 48.4 Å². The average molecular weight is 665 g/mol. The summed E-state index contributed by atoms with van der Waals surface area (Å²) in [4.78, 5) is 62.6. The van der Waals surface area contributed by atoms with Crippen LogP contribution in [0.25, 0.3) is 21.8 Å². The molecule has 252 valence electrons. The van der Waals surface area contributed by atoms with Gasteiger partial charge in [-0.1, -0.05) is 42.8 Å². The average Bonchev–Trinajstić information content (AvgIpc) is 3.67. The molecule has 3 unspecified atom stereocenters. The normalized spacial score (nSPS) is 18.9. The molecule has 0 saturated carbocycles. The van der Waals surface area contributed by atoms with Crippen LogP contribution in [0.15, 0.2) is 67.7 Å². The highest BCUT2D eigenvalue weighted by molar-refractivity contribution is 5.86. The zero-order valence-corrected chi connectivity index (χ0v) is 26.7. The Morgan fingerprint density at radius 2 is 1.35 bits per heavy atom. The first-order valence-electron chi connectivity index (χ1n) is 16.5. The summed E-state index contributed by atoms with van der Waals surface area (Å²) in [6.07, 6.45) is 2.73. The quantitative estimate of drug-likeness (QED) is 0.119. The van der Waals surface area contributed by atoms with E-state index in [1.165, 1.54) is 11.6 Å². The summed E-state index contributed by atoms with van der Waals surface area (Å²) < 4.78 is 2.24. The molecule has 14 nitrogen and oxygen atoms in total. The number of aromatic hydroxyl groups is 2. The van der Waals surface area contributed by atoms with Crippen LogP contribution in [0.3, 0.4) is 0 Å². The number of benzene rings is 2. The van der Waals surface area contributed by atoms with Crippen molar-refractivity contribution in [1.29, 1.82) is 0 Å². The van der Waals surface area contributed by atoms with Crippen LogP contribution in [0.1, 0.15) is 70.9 Å². The monoisotopic (exact) mass is 664 g/mol. The van der Waals surface area contributed by atoms with Crippen molar-refractivity contribution in [2.75, 3.05) is 13.1 Å². The minimum absolute atomic E-state index is 0.0273. The van der Waals surface area contributed by atoms with Crippen molar-refractivity contribution >= 4 is 21.8 Å². The van der Waals surface area contributed by atoms with Crippen LogP contribution in [0.4, 0.5) is 0 Å². The number of unbranched alkanes of at least 4 members (excludes halogenated alkanes) is 1. The third-order valence-corrected chi connectivity index (χ3v) is 10.2. The topological polar surface area (TPSA) is 206 Å². The Hall–Kier alpha value is -5.60. The van der Waals surface area contributed by atoms with E-state index in [1.807, 2.05) is 48.5 Å². The van der Waals surface area contributed by atoms with Gasteiger partial charge in [0.25, 0.3) is 11.1 Å². The van der Waals surface area contributed by atoms with Crippen molar-refractivity contribution in [3.05, 3.63) is 124 Å². The van der Waals surface area contributed by atoms with E-state index in [2.05, 4.69) is 30.6 Å². The zero-order valence-electron chi connectivity index (χ0n) is 26.7. The molecule has 0 aliphatic carbocycles. The van der Waals surface area contributed by atoms with E-state index >= 15 is 0 Å². The van der Waals surface area contributed by atoms with Gasteiger partial charge < -0.3 is 30.8 Å². The zero-order chi connectivity index (χ0) is 34.0. The third-order valence-electron chi connectivity index (χ3n) is 10.2. The second kappa shape index (κ2) is 11.8. The van der Waals surface area contributed by atoms with Gasteiger partial charge in [0.2, 0.25) is 11.8 Å². The number of hydrogen-bond acceptors (Lipinski definition) is 8. The van der Waals surface area contributed by atoms with Crippen LogP contribution in [0, 0.1) is 0 Å². The van der Waals surface area contributed by atoms with E-state index in [9.17, 15) is 29.4 Å². The lowest BCUT2D eigenvalue weighted by Crippen LogP contribution is -2.39. The molecule has 2 aliphatic heterocycles. The Kier molecular flexibility index (Phi) is 7.41. The molecule has 3 atom stereocenters. The highest BCUT2D eigenvalue weighted by Gasteiger charge is 2.35. The van der Waals surface area contributed by atoms with Crippen LogP contribution in [-0.2, 0) is 20.0 Å². The van der Waals surface area contributed by atoms with Gasteiger partial charge >= 0.3 is 11.4 Å². The highest BCUT2D eigenvalue weighted by atomic mass is 16.3. The number of nitrogens with one attached hydrogen (secondary N) is 6. The minimum atomic E-state index is -0.700. The van der Waals surface area contributed by atoms with Gasteiger partial charge in [-0.25, -0.2) is 9.59 Å². The van der Waals surface area contributed by atoms with Gasteiger partial charge in [-0.2, -0.15) is 0 Å². The van der Waals surface area contributed by atoms with Crippen molar-refractivity contribution in [2.24, 2.45) is 7.05 Å². The number of rotatable bonds is 7. The summed E-state index contributed by atoms with van der Waals surface area (Å²) >= 11 is 0. The van der Waals surface area contributed by atoms with Crippen LogP contribution >= 0.6 is 0 Å². The van der Waals surface area contributed by atoms with E-state index in [0.29, 0.717) is 25.9 Å². The molecule has 14 heteroatoms. The molecule has 4 aromatic heterocycles. The summed E-state index contributed by atoms with van der Waals surface area (Å²) in [5.74, 6) is -0.718. The highest BCUT2D eigenvalue weighted by Crippen LogP contribution is 2.41. The van der Waals surface area contributed by atoms with Crippen LogP contribution in [-0.4, -0.2) is 52.4 Å². The Morgan fingerprint density at radius 1 is 0.714 bits per heavy atom. The largest absolute Gasteiger partial charge is 0.494 e. The molecule has 0 fully saturated rings. The fraction of sp³-hybridized carbons (Fsp3) is 0.314. The molecule has 2 aliphatic rings. The molecule has 6 aromatic rings. The third kappa shape index (κ3) is 4.94. The van der Waals surface area contributed by atoms with E-state index in [1.54, 1.807) is 0 Å². The van der Waals surface area contributed by atoms with Crippen LogP contribution in [0.5, 0.6) is 11.8 Å². The molecular formula is C35H36N8O6. The number of fused-ring (bicyclic) bond motifs is 6. The molecule has 0 bridgehead atoms. The van der Waals surface area contributed by atoms with Gasteiger partial charge in [0.15, 0.2) is 0 Å². The molecular weight excluding hydrogens is 628 g/mol. The van der Waals surface area contributed by atoms with Gasteiger partial charge in [0.05, 0.1) is 12.1 Å². The number of hydrogen-bond donors (Lipinski definition) is 8. The molecule has 49 heavy (non-hydrogen) atoms. The van der Waals surface area contributed by atoms with Crippen LogP contribution in [0.2, 0.25) is 0 Å². The molecule has 8 N–H and O–H groups in total. The first-order valence-corrected chi connectivity index (χ1v) is 16.5. The summed E-state index contributed by atoms with van der Waals surface area (Å²) in [7, 11) is 1.40. The fourth-order valence-electron chi connectivity index (χ4n) is 7.83. The number of aromatic amines is 4. The molecule has 0 radical (unpaired) electrons. The van der Waals surface area contributed by atoms with E-state index in [4.69, 9.17) is 0 Å². The molecule has 0 spiro atoms. The summed E-state index contributed by atoms with van der Waals surface area (Å²) in [5.41, 5.74) is 3.02. The summed E-state index contributed by atoms with van der Waals surface area (Å²) in [6.45, 7) is 1.31. The Bertz CT molecular complexity index is 2500. The molecule has 2 aromatic carbocycles. The lowest BCUT2D eigenvalue weighted by molar-refractivity contribution is 0.371. The van der Waals surface area contributed by atoms with Gasteiger partial charge in [0.1, 0.15) is 11.1 Å². The predicted octanol–water partition coefficient (Wildman–Crippen LogP) is 2.18. The molecule has 0 saturated heterocycles. The maximum atomic E-state index is 13.1. The van der Waals surface area contributed by atoms with Crippen molar-refractivity contribution in [2.45, 2.75) is 50.2 Å². The molecule has 0 amide bonds. The fourth-order valence-corrected chi connectivity index (χ4v) is 7.83. The summed E-state index contributed by atoms with van der Waals surface area (Å²) in [6, 6.07) is 14.5. The van der Waals surface area contributed by atoms with Gasteiger partial charge in [0, 0.05) is 59.9 Å². The predicted molar refractivity (Wildman–Crippen MR) is 184 cm³/mol. The van der Waals surface area contributed by atoms with E-state index < -0.39 is 40.5 Å². The SMILES string of the molecule is Cn1c(O)c(C2NCC(CCCCn3c(O)c(C4NCCc5c4[nH]c4ccccc54)c(=O)[nH]c3=O)c3c2[nH]c2ccccc32)c(=O)[nH]c1=O. The molecule has 6 heterocycles. The second-order valence-electron chi connectivity index (χ2n) is 12.9. The maximum absolute atomic E-state index is 13.1. The number of nitrogens with zero attached hydrogens (tertiary/aromatic N) is 2. The summed E-state index contributed by atoms with van der Waals surface area (Å²) in [5, 5.41) is 31.1. The minimum Gasteiger partial charge on any atom is -0.494 e. The smallest absolute Gasteiger partial charge is 0.331 e. The maximum Gasteiger partial charge on any atom is 0.331 e. The number of aromatic nitrogens is 6. The first-order chi connectivity index (χ1) is 23.7. The number of para-hydroxylation sites is 2. The van der Waals surface area contributed by atoms with Crippen molar-refractivity contribution < 1.29 is 10.2 Å². The van der Waals surface area contributed by atoms with Gasteiger partial charge in [-0.3, -0.25) is 28.7 Å². The standard InChI is InChI=1S/C35H36N8O6/c1-42-32(46)24(30(44)40-34(42)48)28-29-23(20-10-3-5-12-22(20)39-29)17(16-37-28)8-6-7-15-43-33(47)25(31(45)41-35(43)49)27-26-19(13-14-36-27)18-9-2-4-11-21(18)38-26/h2-5,9-12,17,27-28,36-39,46-47H,6-8,13-16H2,1H3,(H,40,44,48)(H,41,45,49). The Morgan fingerprint density at radius 3 is 2.12 bits per heavy atom.